The van der Waals surface area contributed by atoms with Crippen LogP contribution in [0.3, 0.4) is 0 Å². The van der Waals surface area contributed by atoms with Gasteiger partial charge in [-0.2, -0.15) is 4.98 Å². The van der Waals surface area contributed by atoms with Gasteiger partial charge in [-0.05, 0) is 18.2 Å². The number of aromatic nitrogens is 4. The molecule has 0 saturated heterocycles. The number of anilines is 1. The number of amides is 2. The quantitative estimate of drug-likeness (QED) is 0.601. The lowest BCUT2D eigenvalue weighted by Crippen LogP contribution is -2.16. The number of hydrogen-bond donors (Lipinski definition) is 2. The lowest BCUT2D eigenvalue weighted by molar-refractivity contribution is -0.115. The number of nitrogens with one attached hydrogen (secondary N) is 1. The highest BCUT2D eigenvalue weighted by Crippen LogP contribution is 2.27. The summed E-state index contributed by atoms with van der Waals surface area (Å²) >= 11 is 2.50. The highest BCUT2D eigenvalue weighted by molar-refractivity contribution is 8.00. The van der Waals surface area contributed by atoms with Crippen LogP contribution in [0.15, 0.2) is 52.8 Å². The van der Waals surface area contributed by atoms with Crippen LogP contribution in [0.1, 0.15) is 0 Å². The molecule has 2 amide bonds. The van der Waals surface area contributed by atoms with Crippen molar-refractivity contribution >= 4 is 46.8 Å². The van der Waals surface area contributed by atoms with Gasteiger partial charge in [-0.3, -0.25) is 9.59 Å². The summed E-state index contributed by atoms with van der Waals surface area (Å²) in [5.74, 6) is 0.196. The van der Waals surface area contributed by atoms with Crippen molar-refractivity contribution in [1.29, 1.82) is 0 Å². The lowest BCUT2D eigenvalue weighted by atomic mass is 10.3. The Bertz CT molecular complexity index is 881. The molecule has 2 heterocycles. The van der Waals surface area contributed by atoms with Gasteiger partial charge in [-0.25, -0.2) is 9.50 Å². The van der Waals surface area contributed by atoms with E-state index in [0.29, 0.717) is 16.6 Å². The summed E-state index contributed by atoms with van der Waals surface area (Å²) in [7, 11) is 0. The molecule has 0 saturated carbocycles. The van der Waals surface area contributed by atoms with Crippen molar-refractivity contribution in [2.45, 2.75) is 10.1 Å². The standard InChI is InChI=1S/C15H14N6O2S2/c16-12(22)8-24-11-5-2-1-4-10(11)18-13(23)9-25-15-19-14-17-6-3-7-21(14)20-15/h1-7H,8-9H2,(H2,16,22)(H,18,23). The van der Waals surface area contributed by atoms with Crippen molar-refractivity contribution in [2.24, 2.45) is 5.73 Å². The van der Waals surface area contributed by atoms with Crippen LogP contribution in [0, 0.1) is 0 Å². The Morgan fingerprint density at radius 2 is 2.00 bits per heavy atom. The van der Waals surface area contributed by atoms with Gasteiger partial charge in [0.05, 0.1) is 17.2 Å². The van der Waals surface area contributed by atoms with Crippen LogP contribution in [-0.2, 0) is 9.59 Å². The van der Waals surface area contributed by atoms with E-state index >= 15 is 0 Å². The van der Waals surface area contributed by atoms with Crippen molar-refractivity contribution in [3.8, 4) is 0 Å². The van der Waals surface area contributed by atoms with E-state index in [2.05, 4.69) is 20.4 Å². The van der Waals surface area contributed by atoms with E-state index in [1.807, 2.05) is 18.2 Å². The number of thioether (sulfide) groups is 2. The van der Waals surface area contributed by atoms with Crippen LogP contribution in [0.5, 0.6) is 0 Å². The second-order valence-electron chi connectivity index (χ2n) is 4.85. The fourth-order valence-corrected chi connectivity index (χ4v) is 3.31. The fraction of sp³-hybridized carbons (Fsp3) is 0.133. The number of benzene rings is 1. The van der Waals surface area contributed by atoms with Crippen molar-refractivity contribution in [3.05, 3.63) is 42.7 Å². The maximum absolute atomic E-state index is 12.2. The van der Waals surface area contributed by atoms with Crippen LogP contribution < -0.4 is 11.1 Å². The Hall–Kier alpha value is -2.59. The van der Waals surface area contributed by atoms with Gasteiger partial charge in [-0.1, -0.05) is 23.9 Å². The largest absolute Gasteiger partial charge is 0.369 e. The number of hydrogen-bond acceptors (Lipinski definition) is 7. The molecule has 0 spiro atoms. The van der Waals surface area contributed by atoms with Gasteiger partial charge in [-0.15, -0.1) is 16.9 Å². The minimum absolute atomic E-state index is 0.153. The molecule has 3 rings (SSSR count). The Balaban J connectivity index is 1.60. The number of rotatable bonds is 7. The molecule has 0 aliphatic carbocycles. The van der Waals surface area contributed by atoms with Gasteiger partial charge in [0.15, 0.2) is 0 Å². The van der Waals surface area contributed by atoms with E-state index in [1.54, 1.807) is 29.0 Å². The van der Waals surface area contributed by atoms with Gasteiger partial charge in [0.1, 0.15) is 0 Å². The van der Waals surface area contributed by atoms with E-state index in [4.69, 9.17) is 5.73 Å². The van der Waals surface area contributed by atoms with E-state index in [0.717, 1.165) is 4.90 Å². The second kappa shape index (κ2) is 7.99. The van der Waals surface area contributed by atoms with Crippen molar-refractivity contribution in [2.75, 3.05) is 16.8 Å². The van der Waals surface area contributed by atoms with Crippen molar-refractivity contribution in [3.63, 3.8) is 0 Å². The average Bonchev–Trinajstić information content (AvgIpc) is 3.02. The van der Waals surface area contributed by atoms with Gasteiger partial charge in [0.25, 0.3) is 5.78 Å². The van der Waals surface area contributed by atoms with Crippen LogP contribution >= 0.6 is 23.5 Å². The Kier molecular flexibility index (Phi) is 5.51. The van der Waals surface area contributed by atoms with Crippen LogP contribution in [0.25, 0.3) is 5.78 Å². The summed E-state index contributed by atoms with van der Waals surface area (Å²) in [4.78, 5) is 32.2. The number of carbonyl (C=O) groups excluding carboxylic acids is 2. The van der Waals surface area contributed by atoms with Crippen LogP contribution in [0.4, 0.5) is 5.69 Å². The molecule has 2 aromatic heterocycles. The maximum Gasteiger partial charge on any atom is 0.253 e. The zero-order valence-electron chi connectivity index (χ0n) is 13.0. The molecule has 3 N–H and O–H groups in total. The number of fused-ring (bicyclic) bond motifs is 1. The summed E-state index contributed by atoms with van der Waals surface area (Å²) in [5.41, 5.74) is 5.81. The van der Waals surface area contributed by atoms with Crippen LogP contribution in [0.2, 0.25) is 0 Å². The Morgan fingerprint density at radius 1 is 1.16 bits per heavy atom. The molecule has 0 radical (unpaired) electrons. The van der Waals surface area contributed by atoms with Gasteiger partial charge < -0.3 is 11.1 Å². The first kappa shape index (κ1) is 17.2. The normalized spacial score (nSPS) is 10.7. The molecule has 0 fully saturated rings. The fourth-order valence-electron chi connectivity index (χ4n) is 1.94. The van der Waals surface area contributed by atoms with Gasteiger partial charge in [0, 0.05) is 17.3 Å². The smallest absolute Gasteiger partial charge is 0.253 e. The molecule has 0 aliphatic heterocycles. The molecule has 10 heteroatoms. The molecule has 128 valence electrons. The molecule has 25 heavy (non-hydrogen) atoms. The van der Waals surface area contributed by atoms with E-state index in [9.17, 15) is 9.59 Å². The monoisotopic (exact) mass is 374 g/mol. The number of primary amides is 1. The highest BCUT2D eigenvalue weighted by Gasteiger charge is 2.11. The first-order chi connectivity index (χ1) is 12.1. The third kappa shape index (κ3) is 4.70. The number of carbonyl (C=O) groups is 2. The minimum atomic E-state index is -0.409. The van der Waals surface area contributed by atoms with Gasteiger partial charge in [0.2, 0.25) is 17.0 Å². The zero-order valence-corrected chi connectivity index (χ0v) is 14.6. The highest BCUT2D eigenvalue weighted by atomic mass is 32.2. The summed E-state index contributed by atoms with van der Waals surface area (Å²) < 4.78 is 1.55. The minimum Gasteiger partial charge on any atom is -0.369 e. The van der Waals surface area contributed by atoms with E-state index in [-0.39, 0.29) is 17.4 Å². The Morgan fingerprint density at radius 3 is 2.80 bits per heavy atom. The topological polar surface area (TPSA) is 115 Å². The average molecular weight is 374 g/mol. The summed E-state index contributed by atoms with van der Waals surface area (Å²) in [6.45, 7) is 0. The third-order valence-electron chi connectivity index (χ3n) is 2.96. The van der Waals surface area contributed by atoms with Gasteiger partial charge >= 0.3 is 0 Å². The molecule has 0 atom stereocenters. The molecular weight excluding hydrogens is 360 g/mol. The predicted octanol–water partition coefficient (Wildman–Crippen LogP) is 1.43. The SMILES string of the molecule is NC(=O)CSc1ccccc1NC(=O)CSc1nc2ncccn2n1. The van der Waals surface area contributed by atoms with Crippen molar-refractivity contribution < 1.29 is 9.59 Å². The summed E-state index contributed by atoms with van der Waals surface area (Å²) in [5, 5.41) is 7.53. The molecule has 8 nitrogen and oxygen atoms in total. The Labute approximate surface area is 151 Å². The summed E-state index contributed by atoms with van der Waals surface area (Å²) in [6, 6.07) is 9.00. The third-order valence-corrected chi connectivity index (χ3v) is 4.89. The van der Waals surface area contributed by atoms with Crippen LogP contribution in [-0.4, -0.2) is 42.9 Å². The molecule has 0 bridgehead atoms. The molecule has 0 aliphatic rings. The van der Waals surface area contributed by atoms with Crippen molar-refractivity contribution in [1.82, 2.24) is 19.6 Å². The molecule has 3 aromatic rings. The lowest BCUT2D eigenvalue weighted by Gasteiger charge is -2.09. The first-order valence-electron chi connectivity index (χ1n) is 7.22. The zero-order chi connectivity index (χ0) is 17.6. The first-order valence-corrected chi connectivity index (χ1v) is 9.19. The maximum atomic E-state index is 12.2. The molecule has 1 aromatic carbocycles. The number of para-hydroxylation sites is 1. The second-order valence-corrected chi connectivity index (χ2v) is 6.81. The number of nitrogens with zero attached hydrogens (tertiary/aromatic N) is 4. The summed E-state index contributed by atoms with van der Waals surface area (Å²) in [6.07, 6.45) is 3.37. The van der Waals surface area contributed by atoms with E-state index in [1.165, 1.54) is 23.5 Å². The molecule has 0 unspecified atom stereocenters. The predicted molar refractivity (Wildman–Crippen MR) is 96.5 cm³/mol. The number of nitrogens with two attached hydrogens (primary N) is 1. The van der Waals surface area contributed by atoms with E-state index < -0.39 is 5.91 Å². The molecular formula is C15H14N6O2S2.